The van der Waals surface area contributed by atoms with Gasteiger partial charge in [-0.1, -0.05) is 30.3 Å². The molecule has 3 aromatic rings. The first kappa shape index (κ1) is 25.3. The molecule has 1 atom stereocenters. The second-order valence-electron chi connectivity index (χ2n) is 8.85. The lowest BCUT2D eigenvalue weighted by molar-refractivity contribution is -0.140. The van der Waals surface area contributed by atoms with Crippen LogP contribution in [-0.2, 0) is 16.1 Å². The number of carbonyl (C=O) groups excluding carboxylic acids is 2. The summed E-state index contributed by atoms with van der Waals surface area (Å²) >= 11 is 2.91. The molecule has 1 fully saturated rings. The lowest BCUT2D eigenvalue weighted by Crippen LogP contribution is -2.48. The summed E-state index contributed by atoms with van der Waals surface area (Å²) in [6.45, 7) is 5.33. The normalized spacial score (nSPS) is 15.7. The van der Waals surface area contributed by atoms with E-state index in [1.807, 2.05) is 29.3 Å². The minimum absolute atomic E-state index is 0.0499. The second-order valence-corrected chi connectivity index (χ2v) is 11.1. The molecule has 1 aromatic carbocycles. The van der Waals surface area contributed by atoms with Gasteiger partial charge in [0.1, 0.15) is 6.04 Å². The Morgan fingerprint density at radius 3 is 2.57 bits per heavy atom. The third-order valence-corrected chi connectivity index (χ3v) is 8.73. The van der Waals surface area contributed by atoms with Gasteiger partial charge in [0.05, 0.1) is 8.89 Å². The van der Waals surface area contributed by atoms with Crippen molar-refractivity contribution in [2.24, 2.45) is 0 Å². The number of carbonyl (C=O) groups is 3. The molecule has 4 rings (SSSR count). The summed E-state index contributed by atoms with van der Waals surface area (Å²) in [7, 11) is 0. The van der Waals surface area contributed by atoms with Crippen LogP contribution in [-0.4, -0.2) is 64.4 Å². The molecule has 0 saturated carbocycles. The molecular weight excluding hydrogens is 482 g/mol. The van der Waals surface area contributed by atoms with E-state index in [-0.39, 0.29) is 24.8 Å². The maximum Gasteiger partial charge on any atom is 0.326 e. The summed E-state index contributed by atoms with van der Waals surface area (Å²) in [6, 6.07) is 13.2. The van der Waals surface area contributed by atoms with Crippen molar-refractivity contribution in [1.29, 1.82) is 0 Å². The number of rotatable bonds is 10. The lowest BCUT2D eigenvalue weighted by atomic mass is 10.0. The third kappa shape index (κ3) is 6.48. The van der Waals surface area contributed by atoms with Crippen molar-refractivity contribution in [3.05, 3.63) is 58.3 Å². The first-order valence-electron chi connectivity index (χ1n) is 12.0. The van der Waals surface area contributed by atoms with Gasteiger partial charge in [0.15, 0.2) is 0 Å². The number of thiophene rings is 2. The predicted molar refractivity (Wildman–Crippen MR) is 140 cm³/mol. The van der Waals surface area contributed by atoms with Crippen molar-refractivity contribution < 1.29 is 19.5 Å². The highest BCUT2D eigenvalue weighted by Gasteiger charge is 2.29. The molecule has 186 valence electrons. The molecule has 1 aliphatic rings. The van der Waals surface area contributed by atoms with Crippen LogP contribution in [0.4, 0.5) is 0 Å². The summed E-state index contributed by atoms with van der Waals surface area (Å²) in [4.78, 5) is 42.2. The van der Waals surface area contributed by atoms with Crippen molar-refractivity contribution in [3.63, 3.8) is 0 Å². The summed E-state index contributed by atoms with van der Waals surface area (Å²) < 4.78 is 1.03. The van der Waals surface area contributed by atoms with Gasteiger partial charge in [-0.3, -0.25) is 14.5 Å². The van der Waals surface area contributed by atoms with Gasteiger partial charge in [0.25, 0.3) is 5.91 Å². The molecule has 0 aliphatic carbocycles. The minimum Gasteiger partial charge on any atom is -0.480 e. The van der Waals surface area contributed by atoms with Crippen molar-refractivity contribution in [2.45, 2.75) is 51.2 Å². The highest BCUT2D eigenvalue weighted by Crippen LogP contribution is 2.30. The Morgan fingerprint density at radius 1 is 1.17 bits per heavy atom. The molecule has 0 spiro atoms. The smallest absolute Gasteiger partial charge is 0.326 e. The number of fused-ring (bicyclic) bond motifs is 1. The molecule has 1 saturated heterocycles. The predicted octanol–water partition coefficient (Wildman–Crippen LogP) is 4.44. The number of carboxylic acids is 1. The topological polar surface area (TPSA) is 90.0 Å². The van der Waals surface area contributed by atoms with Crippen molar-refractivity contribution in [1.82, 2.24) is 15.1 Å². The Balaban J connectivity index is 1.27. The Kier molecular flexibility index (Phi) is 8.54. The summed E-state index contributed by atoms with van der Waals surface area (Å²) in [6.07, 6.45) is 1.97. The first-order chi connectivity index (χ1) is 16.9. The molecule has 0 radical (unpaired) electrons. The van der Waals surface area contributed by atoms with Crippen LogP contribution in [0.5, 0.6) is 0 Å². The number of piperidine rings is 1. The summed E-state index contributed by atoms with van der Waals surface area (Å²) in [5, 5.41) is 15.2. The Morgan fingerprint density at radius 2 is 1.91 bits per heavy atom. The van der Waals surface area contributed by atoms with Gasteiger partial charge in [-0.05, 0) is 49.3 Å². The number of carboxylic acid groups (broad SMARTS) is 1. The molecular formula is C26H31N3O4S2. The van der Waals surface area contributed by atoms with Crippen LogP contribution < -0.4 is 5.32 Å². The van der Waals surface area contributed by atoms with E-state index in [9.17, 15) is 19.5 Å². The molecule has 2 aromatic heterocycles. The SMILES string of the molecule is CCN(C(=O)CCC(NC(=O)c1cc2ccsc2s1)C(=O)O)C1CCN(Cc2ccccc2)CC1. The van der Waals surface area contributed by atoms with E-state index < -0.39 is 17.9 Å². The van der Waals surface area contributed by atoms with E-state index in [0.717, 1.165) is 41.9 Å². The molecule has 2 N–H and O–H groups in total. The molecule has 1 aliphatic heterocycles. The number of nitrogens with one attached hydrogen (secondary N) is 1. The van der Waals surface area contributed by atoms with Crippen LogP contribution in [0, 0.1) is 0 Å². The fourth-order valence-corrected chi connectivity index (χ4v) is 6.66. The van der Waals surface area contributed by atoms with Gasteiger partial charge in [-0.15, -0.1) is 22.7 Å². The number of hydrogen-bond donors (Lipinski definition) is 2. The number of benzene rings is 1. The number of amides is 2. The molecule has 9 heteroatoms. The van der Waals surface area contributed by atoms with Gasteiger partial charge in [0.2, 0.25) is 5.91 Å². The van der Waals surface area contributed by atoms with Crippen LogP contribution in [0.25, 0.3) is 9.40 Å². The van der Waals surface area contributed by atoms with Gasteiger partial charge in [-0.25, -0.2) is 4.79 Å². The fourth-order valence-electron chi connectivity index (χ4n) is 4.64. The fraction of sp³-hybridized carbons (Fsp3) is 0.423. The van der Waals surface area contributed by atoms with E-state index in [4.69, 9.17) is 0 Å². The van der Waals surface area contributed by atoms with Crippen LogP contribution in [0.2, 0.25) is 0 Å². The molecule has 2 amide bonds. The Hall–Kier alpha value is -2.75. The minimum atomic E-state index is -1.12. The average molecular weight is 514 g/mol. The maximum atomic E-state index is 13.0. The zero-order chi connectivity index (χ0) is 24.8. The van der Waals surface area contributed by atoms with E-state index in [1.54, 1.807) is 17.4 Å². The summed E-state index contributed by atoms with van der Waals surface area (Å²) in [5.41, 5.74) is 1.29. The Bertz CT molecular complexity index is 1120. The van der Waals surface area contributed by atoms with Gasteiger partial charge in [0, 0.05) is 44.0 Å². The van der Waals surface area contributed by atoms with Crippen molar-refractivity contribution in [3.8, 4) is 0 Å². The number of aliphatic carboxylic acids is 1. The number of nitrogens with zero attached hydrogens (tertiary/aromatic N) is 2. The molecule has 3 heterocycles. The van der Waals surface area contributed by atoms with Crippen molar-refractivity contribution >= 4 is 49.9 Å². The standard InChI is InChI=1S/C26H31N3O4S2/c1-2-29(20-10-13-28(14-11-20)17-18-6-4-3-5-7-18)23(30)9-8-21(25(32)33)27-24(31)22-16-19-12-15-34-26(19)35-22/h3-7,12,15-16,20-21H,2,8-11,13-14,17H2,1H3,(H,27,31)(H,32,33). The largest absolute Gasteiger partial charge is 0.480 e. The zero-order valence-electron chi connectivity index (χ0n) is 19.8. The number of hydrogen-bond acceptors (Lipinski definition) is 6. The van der Waals surface area contributed by atoms with Gasteiger partial charge in [-0.2, -0.15) is 0 Å². The van der Waals surface area contributed by atoms with Gasteiger partial charge >= 0.3 is 5.97 Å². The first-order valence-corrected chi connectivity index (χ1v) is 13.7. The quantitative estimate of drug-likeness (QED) is 0.418. The second kappa shape index (κ2) is 11.8. The van der Waals surface area contributed by atoms with Crippen molar-refractivity contribution in [2.75, 3.05) is 19.6 Å². The molecule has 7 nitrogen and oxygen atoms in total. The summed E-state index contributed by atoms with van der Waals surface area (Å²) in [5.74, 6) is -1.58. The lowest BCUT2D eigenvalue weighted by Gasteiger charge is -2.38. The molecule has 0 bridgehead atoms. The Labute approximate surface area is 213 Å². The van der Waals surface area contributed by atoms with Crippen LogP contribution in [0.1, 0.15) is 47.8 Å². The third-order valence-electron chi connectivity index (χ3n) is 6.53. The highest BCUT2D eigenvalue weighted by atomic mass is 32.2. The van der Waals surface area contributed by atoms with Crippen LogP contribution in [0.3, 0.4) is 0 Å². The molecule has 35 heavy (non-hydrogen) atoms. The van der Waals surface area contributed by atoms with E-state index in [2.05, 4.69) is 34.5 Å². The van der Waals surface area contributed by atoms with E-state index >= 15 is 0 Å². The van der Waals surface area contributed by atoms with E-state index in [0.29, 0.717) is 11.4 Å². The van der Waals surface area contributed by atoms with E-state index in [1.165, 1.54) is 16.9 Å². The molecule has 1 unspecified atom stereocenters. The zero-order valence-corrected chi connectivity index (χ0v) is 21.4. The average Bonchev–Trinajstić information content (AvgIpc) is 3.46. The highest BCUT2D eigenvalue weighted by molar-refractivity contribution is 7.38. The maximum absolute atomic E-state index is 13.0. The van der Waals surface area contributed by atoms with Crippen LogP contribution >= 0.6 is 22.7 Å². The van der Waals surface area contributed by atoms with Gasteiger partial charge < -0.3 is 15.3 Å². The number of likely N-dealkylation sites (tertiary alicyclic amines) is 1. The monoisotopic (exact) mass is 513 g/mol. The van der Waals surface area contributed by atoms with Crippen LogP contribution in [0.15, 0.2) is 47.8 Å².